The molecule has 2 N–H and O–H groups in total. The summed E-state index contributed by atoms with van der Waals surface area (Å²) in [7, 11) is 1.48. The molecule has 0 unspecified atom stereocenters. The summed E-state index contributed by atoms with van der Waals surface area (Å²) in [5, 5.41) is 9.18. The molecule has 0 aliphatic carbocycles. The summed E-state index contributed by atoms with van der Waals surface area (Å²) in [5.74, 6) is -1.36. The van der Waals surface area contributed by atoms with Crippen molar-refractivity contribution in [3.05, 3.63) is 29.9 Å². The van der Waals surface area contributed by atoms with Crippen molar-refractivity contribution < 1.29 is 14.7 Å². The molecule has 0 saturated carbocycles. The predicted octanol–water partition coefficient (Wildman–Crippen LogP) is 0.830. The third-order valence-corrected chi connectivity index (χ3v) is 2.48. The van der Waals surface area contributed by atoms with E-state index in [4.69, 9.17) is 0 Å². The van der Waals surface area contributed by atoms with Gasteiger partial charge in [-0.15, -0.1) is 0 Å². The van der Waals surface area contributed by atoms with E-state index in [2.05, 4.69) is 9.97 Å². The molecule has 0 aromatic carbocycles. The van der Waals surface area contributed by atoms with Gasteiger partial charge in [-0.05, 0) is 13.8 Å². The Morgan fingerprint density at radius 3 is 2.67 bits per heavy atom. The summed E-state index contributed by atoms with van der Waals surface area (Å²) in [6, 6.07) is -0.909. The second-order valence-corrected chi connectivity index (χ2v) is 4.31. The lowest BCUT2D eigenvalue weighted by Gasteiger charge is -2.23. The summed E-state index contributed by atoms with van der Waals surface area (Å²) < 4.78 is 0. The van der Waals surface area contributed by atoms with Crippen LogP contribution in [0.25, 0.3) is 0 Å². The fraction of sp³-hybridized carbons (Fsp3) is 0.417. The van der Waals surface area contributed by atoms with E-state index >= 15 is 0 Å². The van der Waals surface area contributed by atoms with Crippen LogP contribution >= 0.6 is 0 Å². The topological polar surface area (TPSA) is 86.3 Å². The fourth-order valence-corrected chi connectivity index (χ4v) is 1.50. The van der Waals surface area contributed by atoms with E-state index in [1.807, 2.05) is 0 Å². The van der Waals surface area contributed by atoms with Crippen LogP contribution in [0.3, 0.4) is 0 Å². The minimum atomic E-state index is -1.04. The van der Waals surface area contributed by atoms with Gasteiger partial charge in [0.2, 0.25) is 5.91 Å². The van der Waals surface area contributed by atoms with Gasteiger partial charge in [0.25, 0.3) is 0 Å². The van der Waals surface area contributed by atoms with E-state index < -0.39 is 12.0 Å². The first-order valence-electron chi connectivity index (χ1n) is 5.53. The first-order valence-corrected chi connectivity index (χ1v) is 5.53. The maximum atomic E-state index is 11.8. The van der Waals surface area contributed by atoms with Crippen LogP contribution in [0, 0.1) is 0 Å². The van der Waals surface area contributed by atoms with Crippen molar-refractivity contribution in [2.45, 2.75) is 26.3 Å². The molecule has 18 heavy (non-hydrogen) atoms. The van der Waals surface area contributed by atoms with Crippen LogP contribution in [0.2, 0.25) is 0 Å². The van der Waals surface area contributed by atoms with Crippen molar-refractivity contribution in [1.29, 1.82) is 0 Å². The minimum Gasteiger partial charge on any atom is -0.480 e. The Morgan fingerprint density at radius 2 is 2.22 bits per heavy atom. The Hall–Kier alpha value is -2.11. The van der Waals surface area contributed by atoms with Crippen LogP contribution < -0.4 is 0 Å². The Bertz CT molecular complexity index is 447. The molecule has 0 aliphatic rings. The normalized spacial score (nSPS) is 11.7. The molecule has 1 aromatic rings. The van der Waals surface area contributed by atoms with Gasteiger partial charge in [0.05, 0.1) is 6.33 Å². The number of carboxylic acids is 1. The second-order valence-electron chi connectivity index (χ2n) is 4.31. The average molecular weight is 251 g/mol. The number of H-pyrrole nitrogens is 1. The van der Waals surface area contributed by atoms with Gasteiger partial charge in [-0.2, -0.15) is 0 Å². The smallest absolute Gasteiger partial charge is 0.326 e. The molecule has 1 atom stereocenters. The molecule has 0 aliphatic heterocycles. The zero-order valence-electron chi connectivity index (χ0n) is 10.7. The predicted molar refractivity (Wildman–Crippen MR) is 65.9 cm³/mol. The number of allylic oxidation sites excluding steroid dienone is 1. The van der Waals surface area contributed by atoms with Gasteiger partial charge in [0, 0.05) is 31.4 Å². The zero-order valence-corrected chi connectivity index (χ0v) is 10.7. The number of aliphatic carboxylic acids is 1. The quantitative estimate of drug-likeness (QED) is 0.759. The van der Waals surface area contributed by atoms with E-state index in [0.717, 1.165) is 5.57 Å². The summed E-state index contributed by atoms with van der Waals surface area (Å²) in [6.45, 7) is 3.58. The number of rotatable bonds is 5. The van der Waals surface area contributed by atoms with Crippen LogP contribution in [-0.2, 0) is 16.0 Å². The number of nitrogens with zero attached hydrogens (tertiary/aromatic N) is 2. The first-order chi connectivity index (χ1) is 8.41. The highest BCUT2D eigenvalue weighted by Crippen LogP contribution is 2.07. The molecule has 98 valence electrons. The molecule has 0 radical (unpaired) electrons. The van der Waals surface area contributed by atoms with Crippen LogP contribution in [0.5, 0.6) is 0 Å². The van der Waals surface area contributed by atoms with Gasteiger partial charge in [-0.1, -0.05) is 5.57 Å². The number of likely N-dealkylation sites (N-methyl/N-ethyl adjacent to an activating group) is 1. The Kier molecular flexibility index (Phi) is 4.65. The minimum absolute atomic E-state index is 0.203. The first kappa shape index (κ1) is 14.0. The zero-order chi connectivity index (χ0) is 13.7. The molecule has 6 nitrogen and oxygen atoms in total. The molecule has 1 heterocycles. The van der Waals surface area contributed by atoms with E-state index in [0.29, 0.717) is 5.69 Å². The number of nitrogens with one attached hydrogen (secondary N) is 1. The SMILES string of the molecule is CC(C)=CC(=O)N(C)[C@@H](Cc1cnc[nH]1)C(=O)O. The molecular weight excluding hydrogens is 234 g/mol. The van der Waals surface area contributed by atoms with Crippen LogP contribution in [-0.4, -0.2) is 44.9 Å². The van der Waals surface area contributed by atoms with Gasteiger partial charge in [0.1, 0.15) is 6.04 Å². The average Bonchev–Trinajstić information content (AvgIpc) is 2.76. The van der Waals surface area contributed by atoms with Crippen molar-refractivity contribution in [2.75, 3.05) is 7.05 Å². The van der Waals surface area contributed by atoms with Crippen molar-refractivity contribution in [3.63, 3.8) is 0 Å². The number of imidazole rings is 1. The Balaban J connectivity index is 2.82. The summed E-state index contributed by atoms with van der Waals surface area (Å²) in [6.07, 6.45) is 4.65. The van der Waals surface area contributed by atoms with Crippen LogP contribution in [0.1, 0.15) is 19.5 Å². The number of aromatic amines is 1. The fourth-order valence-electron chi connectivity index (χ4n) is 1.50. The largest absolute Gasteiger partial charge is 0.480 e. The van der Waals surface area contributed by atoms with Gasteiger partial charge in [0.15, 0.2) is 0 Å². The molecule has 0 spiro atoms. The van der Waals surface area contributed by atoms with E-state index in [9.17, 15) is 14.7 Å². The number of hydrogen-bond donors (Lipinski definition) is 2. The maximum Gasteiger partial charge on any atom is 0.326 e. The van der Waals surface area contributed by atoms with Crippen molar-refractivity contribution >= 4 is 11.9 Å². The van der Waals surface area contributed by atoms with E-state index in [1.165, 1.54) is 24.4 Å². The van der Waals surface area contributed by atoms with Gasteiger partial charge >= 0.3 is 5.97 Å². The molecule has 0 saturated heterocycles. The lowest BCUT2D eigenvalue weighted by Crippen LogP contribution is -2.43. The van der Waals surface area contributed by atoms with Gasteiger partial charge in [-0.25, -0.2) is 9.78 Å². The lowest BCUT2D eigenvalue weighted by molar-refractivity contribution is -0.147. The number of aromatic nitrogens is 2. The molecule has 1 rings (SSSR count). The van der Waals surface area contributed by atoms with Crippen molar-refractivity contribution in [3.8, 4) is 0 Å². The van der Waals surface area contributed by atoms with Crippen molar-refractivity contribution in [2.24, 2.45) is 0 Å². The summed E-state index contributed by atoms with van der Waals surface area (Å²) in [4.78, 5) is 30.9. The Labute approximate surface area is 105 Å². The number of carbonyl (C=O) groups is 2. The Morgan fingerprint density at radius 1 is 1.56 bits per heavy atom. The van der Waals surface area contributed by atoms with Gasteiger partial charge in [-0.3, -0.25) is 4.79 Å². The van der Waals surface area contributed by atoms with E-state index in [-0.39, 0.29) is 12.3 Å². The highest BCUT2D eigenvalue weighted by Gasteiger charge is 2.26. The van der Waals surface area contributed by atoms with Gasteiger partial charge < -0.3 is 15.0 Å². The lowest BCUT2D eigenvalue weighted by atomic mass is 10.1. The summed E-state index contributed by atoms with van der Waals surface area (Å²) in [5.41, 5.74) is 1.51. The van der Waals surface area contributed by atoms with Crippen LogP contribution in [0.4, 0.5) is 0 Å². The van der Waals surface area contributed by atoms with Crippen molar-refractivity contribution in [1.82, 2.24) is 14.9 Å². The standard InChI is InChI=1S/C12H17N3O3/c1-8(2)4-11(16)15(3)10(12(17)18)5-9-6-13-7-14-9/h4,6-7,10H,5H2,1-3H3,(H,13,14)(H,17,18)/t10-/m0/s1. The number of hydrogen-bond acceptors (Lipinski definition) is 3. The number of carboxylic acid groups (broad SMARTS) is 1. The summed E-state index contributed by atoms with van der Waals surface area (Å²) >= 11 is 0. The maximum absolute atomic E-state index is 11.8. The molecule has 0 bridgehead atoms. The number of carbonyl (C=O) groups excluding carboxylic acids is 1. The number of amides is 1. The monoisotopic (exact) mass is 251 g/mol. The van der Waals surface area contributed by atoms with Crippen LogP contribution in [0.15, 0.2) is 24.2 Å². The molecule has 6 heteroatoms. The molecule has 1 amide bonds. The molecular formula is C12H17N3O3. The third kappa shape index (κ3) is 3.73. The molecule has 1 aromatic heterocycles. The van der Waals surface area contributed by atoms with E-state index in [1.54, 1.807) is 20.0 Å². The third-order valence-electron chi connectivity index (χ3n) is 2.48. The highest BCUT2D eigenvalue weighted by atomic mass is 16.4. The second kappa shape index (κ2) is 6.00. The highest BCUT2D eigenvalue weighted by molar-refractivity contribution is 5.91. The molecule has 0 fully saturated rings.